The van der Waals surface area contributed by atoms with Crippen LogP contribution in [0.2, 0.25) is 5.02 Å². The molecule has 0 radical (unpaired) electrons. The third kappa shape index (κ3) is 3.10. The fraction of sp³-hybridized carbons (Fsp3) is 0.273. The third-order valence-electron chi connectivity index (χ3n) is 1.75. The lowest BCUT2D eigenvalue weighted by Gasteiger charge is -2.04. The molecule has 0 heterocycles. The van der Waals surface area contributed by atoms with Crippen molar-refractivity contribution in [1.82, 2.24) is 5.32 Å². The van der Waals surface area contributed by atoms with Crippen LogP contribution >= 0.6 is 11.6 Å². The van der Waals surface area contributed by atoms with Crippen molar-refractivity contribution in [3.63, 3.8) is 0 Å². The van der Waals surface area contributed by atoms with Crippen molar-refractivity contribution in [2.24, 2.45) is 0 Å². The Kier molecular flexibility index (Phi) is 3.82. The molecule has 0 saturated carbocycles. The first-order valence-electron chi connectivity index (χ1n) is 4.13. The molecule has 0 bridgehead atoms. The lowest BCUT2D eigenvalue weighted by Crippen LogP contribution is -2.13. The van der Waals surface area contributed by atoms with E-state index in [2.05, 4.69) is 11.2 Å². The highest BCUT2D eigenvalue weighted by molar-refractivity contribution is 6.31. The van der Waals surface area contributed by atoms with Gasteiger partial charge in [-0.3, -0.25) is 0 Å². The first-order valence-corrected chi connectivity index (χ1v) is 4.51. The normalized spacial score (nSPS) is 9.62. The Labute approximate surface area is 84.1 Å². The molecule has 1 nitrogen and oxygen atoms in total. The van der Waals surface area contributed by atoms with E-state index in [1.165, 1.54) is 5.56 Å². The van der Waals surface area contributed by atoms with Crippen molar-refractivity contribution in [3.8, 4) is 12.3 Å². The summed E-state index contributed by atoms with van der Waals surface area (Å²) in [4.78, 5) is 0. The molecular weight excluding hydrogens is 182 g/mol. The van der Waals surface area contributed by atoms with Gasteiger partial charge in [-0.15, -0.1) is 6.42 Å². The molecule has 1 rings (SSSR count). The Morgan fingerprint density at radius 3 is 2.92 bits per heavy atom. The highest BCUT2D eigenvalue weighted by Gasteiger charge is 1.98. The molecule has 1 aromatic rings. The minimum atomic E-state index is 0.574. The summed E-state index contributed by atoms with van der Waals surface area (Å²) in [6.45, 7) is 3.32. The van der Waals surface area contributed by atoms with Crippen molar-refractivity contribution in [3.05, 3.63) is 34.3 Å². The Morgan fingerprint density at radius 1 is 1.54 bits per heavy atom. The first kappa shape index (κ1) is 10.1. The zero-order valence-electron chi connectivity index (χ0n) is 7.60. The standard InChI is InChI=1S/C11H12ClN/c1-3-6-13-8-10-5-4-9(2)7-11(10)12/h1,4-5,7,13H,6,8H2,2H3. The van der Waals surface area contributed by atoms with E-state index in [1.807, 2.05) is 25.1 Å². The van der Waals surface area contributed by atoms with Crippen LogP contribution in [0.15, 0.2) is 18.2 Å². The largest absolute Gasteiger partial charge is 0.302 e. The van der Waals surface area contributed by atoms with Gasteiger partial charge in [-0.1, -0.05) is 29.7 Å². The van der Waals surface area contributed by atoms with E-state index in [1.54, 1.807) is 0 Å². The first-order chi connectivity index (χ1) is 6.24. The maximum atomic E-state index is 6.02. The zero-order chi connectivity index (χ0) is 9.68. The maximum absolute atomic E-state index is 6.02. The second kappa shape index (κ2) is 4.91. The second-order valence-electron chi connectivity index (χ2n) is 2.90. The summed E-state index contributed by atoms with van der Waals surface area (Å²) >= 11 is 6.02. The van der Waals surface area contributed by atoms with Crippen molar-refractivity contribution >= 4 is 11.6 Å². The molecule has 0 spiro atoms. The van der Waals surface area contributed by atoms with Crippen LogP contribution < -0.4 is 5.32 Å². The SMILES string of the molecule is C#CCNCc1ccc(C)cc1Cl. The molecular formula is C11H12ClN. The fourth-order valence-corrected chi connectivity index (χ4v) is 1.37. The highest BCUT2D eigenvalue weighted by atomic mass is 35.5. The third-order valence-corrected chi connectivity index (χ3v) is 2.10. The average molecular weight is 194 g/mol. The summed E-state index contributed by atoms with van der Waals surface area (Å²) in [7, 11) is 0. The van der Waals surface area contributed by atoms with Crippen LogP contribution in [-0.4, -0.2) is 6.54 Å². The summed E-state index contributed by atoms with van der Waals surface area (Å²) < 4.78 is 0. The number of halogens is 1. The van der Waals surface area contributed by atoms with Crippen molar-refractivity contribution in [2.75, 3.05) is 6.54 Å². The summed E-state index contributed by atoms with van der Waals surface area (Å²) in [5, 5.41) is 3.89. The minimum absolute atomic E-state index is 0.574. The zero-order valence-corrected chi connectivity index (χ0v) is 8.36. The Morgan fingerprint density at radius 2 is 2.31 bits per heavy atom. The molecule has 2 heteroatoms. The predicted octanol–water partition coefficient (Wildman–Crippen LogP) is 2.37. The van der Waals surface area contributed by atoms with Crippen molar-refractivity contribution in [2.45, 2.75) is 13.5 Å². The number of hydrogen-bond donors (Lipinski definition) is 1. The lowest BCUT2D eigenvalue weighted by molar-refractivity contribution is 0.770. The molecule has 0 aliphatic carbocycles. The number of rotatable bonds is 3. The van der Waals surface area contributed by atoms with Crippen LogP contribution in [0.1, 0.15) is 11.1 Å². The number of terminal acetylenes is 1. The molecule has 13 heavy (non-hydrogen) atoms. The van der Waals surface area contributed by atoms with Gasteiger partial charge in [0.15, 0.2) is 0 Å². The molecule has 0 saturated heterocycles. The van der Waals surface area contributed by atoms with Crippen LogP contribution in [0, 0.1) is 19.3 Å². The van der Waals surface area contributed by atoms with Crippen molar-refractivity contribution in [1.29, 1.82) is 0 Å². The van der Waals surface area contributed by atoms with E-state index in [4.69, 9.17) is 18.0 Å². The molecule has 0 aromatic heterocycles. The van der Waals surface area contributed by atoms with Gasteiger partial charge >= 0.3 is 0 Å². The molecule has 0 aliphatic heterocycles. The summed E-state index contributed by atoms with van der Waals surface area (Å²) in [5.74, 6) is 2.51. The van der Waals surface area contributed by atoms with Crippen molar-refractivity contribution < 1.29 is 0 Å². The van der Waals surface area contributed by atoms with E-state index in [0.29, 0.717) is 6.54 Å². The van der Waals surface area contributed by atoms with E-state index < -0.39 is 0 Å². The number of nitrogens with one attached hydrogen (secondary N) is 1. The second-order valence-corrected chi connectivity index (χ2v) is 3.31. The van der Waals surface area contributed by atoms with Gasteiger partial charge in [-0.05, 0) is 24.1 Å². The minimum Gasteiger partial charge on any atom is -0.302 e. The van der Waals surface area contributed by atoms with Crippen LogP contribution in [-0.2, 0) is 6.54 Å². The van der Waals surface area contributed by atoms with Gasteiger partial charge in [0.1, 0.15) is 0 Å². The van der Waals surface area contributed by atoms with Crippen LogP contribution in [0.25, 0.3) is 0 Å². The Hall–Kier alpha value is -0.970. The summed E-state index contributed by atoms with van der Waals surface area (Å²) in [6.07, 6.45) is 5.11. The van der Waals surface area contributed by atoms with E-state index in [0.717, 1.165) is 17.1 Å². The molecule has 68 valence electrons. The maximum Gasteiger partial charge on any atom is 0.0576 e. The number of benzene rings is 1. The van der Waals surface area contributed by atoms with Crippen LogP contribution in [0.3, 0.4) is 0 Å². The van der Waals surface area contributed by atoms with Gasteiger partial charge in [-0.25, -0.2) is 0 Å². The Balaban J connectivity index is 2.62. The molecule has 0 fully saturated rings. The van der Waals surface area contributed by atoms with E-state index in [-0.39, 0.29) is 0 Å². The summed E-state index contributed by atoms with van der Waals surface area (Å²) in [5.41, 5.74) is 2.26. The fourth-order valence-electron chi connectivity index (χ4n) is 1.07. The Bertz CT molecular complexity index is 325. The van der Waals surface area contributed by atoms with Gasteiger partial charge in [-0.2, -0.15) is 0 Å². The average Bonchev–Trinajstić information content (AvgIpc) is 2.09. The van der Waals surface area contributed by atoms with Gasteiger partial charge in [0, 0.05) is 11.6 Å². The molecule has 1 N–H and O–H groups in total. The molecule has 0 atom stereocenters. The highest BCUT2D eigenvalue weighted by Crippen LogP contribution is 2.16. The smallest absolute Gasteiger partial charge is 0.0576 e. The van der Waals surface area contributed by atoms with Gasteiger partial charge < -0.3 is 5.32 Å². The summed E-state index contributed by atoms with van der Waals surface area (Å²) in [6, 6.07) is 6.01. The molecule has 0 unspecified atom stereocenters. The van der Waals surface area contributed by atoms with Gasteiger partial charge in [0.2, 0.25) is 0 Å². The lowest BCUT2D eigenvalue weighted by atomic mass is 10.1. The van der Waals surface area contributed by atoms with E-state index >= 15 is 0 Å². The number of aryl methyl sites for hydroxylation is 1. The van der Waals surface area contributed by atoms with E-state index in [9.17, 15) is 0 Å². The van der Waals surface area contributed by atoms with Gasteiger partial charge in [0.25, 0.3) is 0 Å². The predicted molar refractivity (Wildman–Crippen MR) is 56.7 cm³/mol. The molecule has 0 amide bonds. The van der Waals surface area contributed by atoms with Crippen LogP contribution in [0.5, 0.6) is 0 Å². The molecule has 0 aliphatic rings. The number of hydrogen-bond acceptors (Lipinski definition) is 1. The topological polar surface area (TPSA) is 12.0 Å². The molecule has 1 aromatic carbocycles. The van der Waals surface area contributed by atoms with Gasteiger partial charge in [0.05, 0.1) is 6.54 Å². The quantitative estimate of drug-likeness (QED) is 0.574. The van der Waals surface area contributed by atoms with Crippen LogP contribution in [0.4, 0.5) is 0 Å². The monoisotopic (exact) mass is 193 g/mol.